The number of aromatic nitrogens is 1. The predicted molar refractivity (Wildman–Crippen MR) is 76.0 cm³/mol. The average molecular weight is 267 g/mol. The van der Waals surface area contributed by atoms with E-state index in [1.807, 2.05) is 7.05 Å². The number of anilines is 1. The Labute approximate surface area is 110 Å². The largest absolute Gasteiger partial charge is 0.347 e. The van der Waals surface area contributed by atoms with Crippen molar-refractivity contribution in [3.8, 4) is 0 Å². The lowest BCUT2D eigenvalue weighted by Gasteiger charge is -2.14. The van der Waals surface area contributed by atoms with Gasteiger partial charge < -0.3 is 10.2 Å². The number of rotatable bonds is 5. The van der Waals surface area contributed by atoms with Gasteiger partial charge in [0.15, 0.2) is 5.13 Å². The Morgan fingerprint density at radius 1 is 1.47 bits per heavy atom. The lowest BCUT2D eigenvalue weighted by molar-refractivity contribution is 0.636. The molecular formula is C12H17N3S2. The first-order chi connectivity index (χ1) is 8.20. The summed E-state index contributed by atoms with van der Waals surface area (Å²) in [5.74, 6) is 0. The van der Waals surface area contributed by atoms with E-state index in [1.165, 1.54) is 5.56 Å². The third-order valence-electron chi connectivity index (χ3n) is 2.71. The number of nitrogens with one attached hydrogen (secondary N) is 1. The first kappa shape index (κ1) is 12.5. The van der Waals surface area contributed by atoms with Gasteiger partial charge in [-0.1, -0.05) is 0 Å². The molecule has 0 saturated heterocycles. The standard InChI is InChI=1S/C12H17N3S2/c1-9(13-2)11-8-17-12(14-11)15(3)6-10-4-5-16-7-10/h4-5,7-9,13H,6H2,1-3H3. The fourth-order valence-electron chi connectivity index (χ4n) is 1.52. The van der Waals surface area contributed by atoms with E-state index < -0.39 is 0 Å². The third-order valence-corrected chi connectivity index (χ3v) is 4.42. The van der Waals surface area contributed by atoms with Crippen LogP contribution < -0.4 is 10.2 Å². The maximum atomic E-state index is 4.65. The Morgan fingerprint density at radius 3 is 2.94 bits per heavy atom. The molecule has 3 nitrogen and oxygen atoms in total. The zero-order chi connectivity index (χ0) is 12.3. The van der Waals surface area contributed by atoms with Crippen LogP contribution in [0.2, 0.25) is 0 Å². The fraction of sp³-hybridized carbons (Fsp3) is 0.417. The quantitative estimate of drug-likeness (QED) is 0.902. The van der Waals surface area contributed by atoms with Gasteiger partial charge in [-0.05, 0) is 36.4 Å². The second kappa shape index (κ2) is 5.62. The van der Waals surface area contributed by atoms with E-state index >= 15 is 0 Å². The highest BCUT2D eigenvalue weighted by atomic mass is 32.1. The summed E-state index contributed by atoms with van der Waals surface area (Å²) in [4.78, 5) is 6.84. The van der Waals surface area contributed by atoms with Crippen LogP contribution in [0.3, 0.4) is 0 Å². The average Bonchev–Trinajstić information content (AvgIpc) is 2.98. The molecule has 2 heterocycles. The molecule has 0 aliphatic rings. The molecule has 0 spiro atoms. The summed E-state index contributed by atoms with van der Waals surface area (Å²) in [5.41, 5.74) is 2.46. The van der Waals surface area contributed by atoms with Crippen molar-refractivity contribution in [2.75, 3.05) is 19.0 Å². The van der Waals surface area contributed by atoms with Crippen molar-refractivity contribution in [1.29, 1.82) is 0 Å². The van der Waals surface area contributed by atoms with Gasteiger partial charge in [-0.2, -0.15) is 11.3 Å². The van der Waals surface area contributed by atoms with Crippen LogP contribution in [0.25, 0.3) is 0 Å². The van der Waals surface area contributed by atoms with Gasteiger partial charge in [0.05, 0.1) is 5.69 Å². The summed E-state index contributed by atoms with van der Waals surface area (Å²) in [5, 5.41) is 10.7. The van der Waals surface area contributed by atoms with Crippen LogP contribution in [-0.4, -0.2) is 19.1 Å². The highest BCUT2D eigenvalue weighted by molar-refractivity contribution is 7.13. The summed E-state index contributed by atoms with van der Waals surface area (Å²) in [6, 6.07) is 2.47. The lowest BCUT2D eigenvalue weighted by Crippen LogP contribution is -2.17. The molecule has 0 radical (unpaired) electrons. The van der Waals surface area contributed by atoms with E-state index in [2.05, 4.69) is 51.4 Å². The van der Waals surface area contributed by atoms with Crippen molar-refractivity contribution in [2.24, 2.45) is 0 Å². The van der Waals surface area contributed by atoms with E-state index in [-0.39, 0.29) is 0 Å². The Kier molecular flexibility index (Phi) is 4.15. The summed E-state index contributed by atoms with van der Waals surface area (Å²) in [7, 11) is 4.04. The van der Waals surface area contributed by atoms with Gasteiger partial charge in [-0.3, -0.25) is 0 Å². The van der Waals surface area contributed by atoms with E-state index in [4.69, 9.17) is 0 Å². The van der Waals surface area contributed by atoms with E-state index in [0.717, 1.165) is 17.4 Å². The Balaban J connectivity index is 2.04. The minimum absolute atomic E-state index is 0.314. The van der Waals surface area contributed by atoms with Gasteiger partial charge in [0.1, 0.15) is 0 Å². The molecule has 0 saturated carbocycles. The molecule has 92 valence electrons. The molecule has 0 fully saturated rings. The van der Waals surface area contributed by atoms with Gasteiger partial charge in [0, 0.05) is 25.0 Å². The number of nitrogens with zero attached hydrogens (tertiary/aromatic N) is 2. The van der Waals surface area contributed by atoms with Crippen LogP contribution in [0.5, 0.6) is 0 Å². The van der Waals surface area contributed by atoms with Crippen LogP contribution in [0.15, 0.2) is 22.2 Å². The number of thiophene rings is 1. The molecule has 0 aromatic carbocycles. The maximum absolute atomic E-state index is 4.65. The normalized spacial score (nSPS) is 12.6. The minimum Gasteiger partial charge on any atom is -0.347 e. The molecule has 2 aromatic heterocycles. The molecule has 0 aliphatic carbocycles. The molecule has 17 heavy (non-hydrogen) atoms. The van der Waals surface area contributed by atoms with Crippen molar-refractivity contribution in [3.05, 3.63) is 33.5 Å². The van der Waals surface area contributed by atoms with Crippen LogP contribution in [0.4, 0.5) is 5.13 Å². The summed E-state index contributed by atoms with van der Waals surface area (Å²) in [6.07, 6.45) is 0. The van der Waals surface area contributed by atoms with Gasteiger partial charge in [-0.25, -0.2) is 4.98 Å². The Hall–Kier alpha value is -0.910. The molecule has 2 aromatic rings. The minimum atomic E-state index is 0.314. The molecule has 2 rings (SSSR count). The zero-order valence-corrected chi connectivity index (χ0v) is 11.9. The maximum Gasteiger partial charge on any atom is 0.185 e. The molecule has 1 atom stereocenters. The molecule has 0 amide bonds. The highest BCUT2D eigenvalue weighted by Gasteiger charge is 2.11. The smallest absolute Gasteiger partial charge is 0.185 e. The van der Waals surface area contributed by atoms with E-state index in [1.54, 1.807) is 22.7 Å². The lowest BCUT2D eigenvalue weighted by atomic mass is 10.3. The van der Waals surface area contributed by atoms with Gasteiger partial charge in [0.25, 0.3) is 0 Å². The molecule has 0 bridgehead atoms. The number of hydrogen-bond donors (Lipinski definition) is 1. The van der Waals surface area contributed by atoms with Crippen molar-refractivity contribution < 1.29 is 0 Å². The van der Waals surface area contributed by atoms with E-state index in [9.17, 15) is 0 Å². The molecule has 1 unspecified atom stereocenters. The summed E-state index contributed by atoms with van der Waals surface area (Å²) in [6.45, 7) is 3.04. The van der Waals surface area contributed by atoms with Gasteiger partial charge >= 0.3 is 0 Å². The van der Waals surface area contributed by atoms with Crippen LogP contribution in [0, 0.1) is 0 Å². The van der Waals surface area contributed by atoms with Crippen molar-refractivity contribution in [3.63, 3.8) is 0 Å². The van der Waals surface area contributed by atoms with Crippen LogP contribution >= 0.6 is 22.7 Å². The van der Waals surface area contributed by atoms with Crippen LogP contribution in [-0.2, 0) is 6.54 Å². The Morgan fingerprint density at radius 2 is 2.29 bits per heavy atom. The van der Waals surface area contributed by atoms with Gasteiger partial charge in [-0.15, -0.1) is 11.3 Å². The predicted octanol–water partition coefficient (Wildman–Crippen LogP) is 3.12. The van der Waals surface area contributed by atoms with E-state index in [0.29, 0.717) is 6.04 Å². The first-order valence-electron chi connectivity index (χ1n) is 5.55. The van der Waals surface area contributed by atoms with Gasteiger partial charge in [0.2, 0.25) is 0 Å². The third kappa shape index (κ3) is 3.06. The topological polar surface area (TPSA) is 28.2 Å². The van der Waals surface area contributed by atoms with Crippen LogP contribution in [0.1, 0.15) is 24.2 Å². The van der Waals surface area contributed by atoms with Crippen molar-refractivity contribution in [1.82, 2.24) is 10.3 Å². The summed E-state index contributed by atoms with van der Waals surface area (Å²) < 4.78 is 0. The number of hydrogen-bond acceptors (Lipinski definition) is 5. The molecule has 5 heteroatoms. The molecule has 0 aliphatic heterocycles. The Bertz CT molecular complexity index is 450. The SMILES string of the molecule is CNC(C)c1csc(N(C)Cc2ccsc2)n1. The molecule has 1 N–H and O–H groups in total. The number of thiazole rings is 1. The highest BCUT2D eigenvalue weighted by Crippen LogP contribution is 2.24. The fourth-order valence-corrected chi connectivity index (χ4v) is 3.07. The monoisotopic (exact) mass is 267 g/mol. The second-order valence-electron chi connectivity index (χ2n) is 4.05. The first-order valence-corrected chi connectivity index (χ1v) is 7.38. The second-order valence-corrected chi connectivity index (χ2v) is 5.67. The van der Waals surface area contributed by atoms with Crippen molar-refractivity contribution >= 4 is 27.8 Å². The summed E-state index contributed by atoms with van der Waals surface area (Å²) >= 11 is 3.44. The van der Waals surface area contributed by atoms with Crippen molar-refractivity contribution in [2.45, 2.75) is 19.5 Å². The molecular weight excluding hydrogens is 250 g/mol. The zero-order valence-electron chi connectivity index (χ0n) is 10.3.